The second kappa shape index (κ2) is 8.55. The molecule has 0 aliphatic heterocycles. The Balaban J connectivity index is 1.54. The van der Waals surface area contributed by atoms with Crippen molar-refractivity contribution in [1.29, 1.82) is 0 Å². The molecule has 3 aromatic rings. The Kier molecular flexibility index (Phi) is 5.93. The van der Waals surface area contributed by atoms with Gasteiger partial charge in [-0.3, -0.25) is 9.48 Å². The number of aromatic nitrogens is 3. The topological polar surface area (TPSA) is 69.0 Å². The summed E-state index contributed by atoms with van der Waals surface area (Å²) in [4.78, 5) is 16.0. The number of rotatable bonds is 7. The molecule has 2 aromatic heterocycles. The van der Waals surface area contributed by atoms with Crippen LogP contribution in [0.1, 0.15) is 21.5 Å². The number of pyridine rings is 1. The minimum Gasteiger partial charge on any atom is -0.468 e. The largest absolute Gasteiger partial charge is 0.468 e. The fraction of sp³-hybridized carbons (Fsp3) is 0.211. The van der Waals surface area contributed by atoms with E-state index in [2.05, 4.69) is 20.1 Å². The zero-order valence-electron chi connectivity index (χ0n) is 14.7. The van der Waals surface area contributed by atoms with Gasteiger partial charge in [0.2, 0.25) is 5.88 Å². The molecule has 0 unspecified atom stereocenters. The van der Waals surface area contributed by atoms with Gasteiger partial charge in [-0.2, -0.15) is 18.3 Å². The summed E-state index contributed by atoms with van der Waals surface area (Å²) in [6.07, 6.45) is -0.0215. The van der Waals surface area contributed by atoms with E-state index in [9.17, 15) is 18.0 Å². The van der Waals surface area contributed by atoms with E-state index >= 15 is 0 Å². The van der Waals surface area contributed by atoms with Crippen molar-refractivity contribution < 1.29 is 22.7 Å². The SMILES string of the molecule is O=C(NCc1ccnc(OCC(F)(F)F)c1)c1cnn(Cc2ccccc2)c1. The van der Waals surface area contributed by atoms with E-state index in [-0.39, 0.29) is 18.3 Å². The number of hydrogen-bond donors (Lipinski definition) is 1. The lowest BCUT2D eigenvalue weighted by atomic mass is 10.2. The lowest BCUT2D eigenvalue weighted by Crippen LogP contribution is -2.22. The molecule has 0 radical (unpaired) electrons. The summed E-state index contributed by atoms with van der Waals surface area (Å²) < 4.78 is 42.9. The maximum absolute atomic E-state index is 12.3. The van der Waals surface area contributed by atoms with E-state index in [1.807, 2.05) is 30.3 Å². The van der Waals surface area contributed by atoms with Crippen LogP contribution in [0.4, 0.5) is 13.2 Å². The van der Waals surface area contributed by atoms with Crippen LogP contribution in [0.3, 0.4) is 0 Å². The molecule has 0 saturated heterocycles. The normalized spacial score (nSPS) is 11.2. The molecule has 0 fully saturated rings. The molecule has 0 aliphatic carbocycles. The molecule has 2 heterocycles. The van der Waals surface area contributed by atoms with Gasteiger partial charge in [0.05, 0.1) is 18.3 Å². The van der Waals surface area contributed by atoms with Gasteiger partial charge in [-0.05, 0) is 17.2 Å². The van der Waals surface area contributed by atoms with E-state index in [0.717, 1.165) is 5.56 Å². The van der Waals surface area contributed by atoms with Gasteiger partial charge in [0, 0.05) is 25.0 Å². The summed E-state index contributed by atoms with van der Waals surface area (Å²) >= 11 is 0. The number of nitrogens with zero attached hydrogens (tertiary/aromatic N) is 3. The van der Waals surface area contributed by atoms with E-state index in [0.29, 0.717) is 17.7 Å². The van der Waals surface area contributed by atoms with Gasteiger partial charge in [-0.1, -0.05) is 30.3 Å². The quantitative estimate of drug-likeness (QED) is 0.673. The number of ether oxygens (including phenoxy) is 1. The lowest BCUT2D eigenvalue weighted by Gasteiger charge is -2.09. The minimum absolute atomic E-state index is 0.119. The molecule has 0 spiro atoms. The third-order valence-electron chi connectivity index (χ3n) is 3.72. The molecule has 0 bridgehead atoms. The average Bonchev–Trinajstić information content (AvgIpc) is 3.14. The molecule has 1 aromatic carbocycles. The van der Waals surface area contributed by atoms with Gasteiger partial charge in [0.1, 0.15) is 0 Å². The summed E-state index contributed by atoms with van der Waals surface area (Å²) in [5.74, 6) is -0.492. The van der Waals surface area contributed by atoms with E-state index < -0.39 is 12.8 Å². The number of amides is 1. The van der Waals surface area contributed by atoms with Crippen molar-refractivity contribution in [1.82, 2.24) is 20.1 Å². The number of alkyl halides is 3. The second-order valence-corrected chi connectivity index (χ2v) is 6.00. The van der Waals surface area contributed by atoms with Gasteiger partial charge in [-0.25, -0.2) is 4.98 Å². The molecule has 146 valence electrons. The summed E-state index contributed by atoms with van der Waals surface area (Å²) in [5, 5.41) is 6.86. The highest BCUT2D eigenvalue weighted by Crippen LogP contribution is 2.17. The first-order valence-electron chi connectivity index (χ1n) is 8.38. The first kappa shape index (κ1) is 19.4. The summed E-state index contributed by atoms with van der Waals surface area (Å²) in [5.41, 5.74) is 2.01. The third-order valence-corrected chi connectivity index (χ3v) is 3.72. The zero-order valence-corrected chi connectivity index (χ0v) is 14.7. The van der Waals surface area contributed by atoms with Crippen molar-refractivity contribution in [3.63, 3.8) is 0 Å². The number of carbonyl (C=O) groups excluding carboxylic acids is 1. The molecule has 3 rings (SSSR count). The van der Waals surface area contributed by atoms with Gasteiger partial charge in [-0.15, -0.1) is 0 Å². The summed E-state index contributed by atoms with van der Waals surface area (Å²) in [7, 11) is 0. The highest BCUT2D eigenvalue weighted by Gasteiger charge is 2.28. The number of carbonyl (C=O) groups is 1. The molecule has 9 heteroatoms. The predicted molar refractivity (Wildman–Crippen MR) is 94.7 cm³/mol. The van der Waals surface area contributed by atoms with Crippen molar-refractivity contribution in [3.8, 4) is 5.88 Å². The van der Waals surface area contributed by atoms with E-state index in [1.165, 1.54) is 18.5 Å². The van der Waals surface area contributed by atoms with Crippen molar-refractivity contribution in [2.24, 2.45) is 0 Å². The van der Waals surface area contributed by atoms with Crippen LogP contribution >= 0.6 is 0 Å². The molecule has 0 aliphatic rings. The van der Waals surface area contributed by atoms with Gasteiger partial charge < -0.3 is 10.1 Å². The highest BCUT2D eigenvalue weighted by atomic mass is 19.4. The molecule has 0 atom stereocenters. The van der Waals surface area contributed by atoms with E-state index in [4.69, 9.17) is 0 Å². The first-order chi connectivity index (χ1) is 13.4. The first-order valence-corrected chi connectivity index (χ1v) is 8.38. The molecule has 1 N–H and O–H groups in total. The summed E-state index contributed by atoms with van der Waals surface area (Å²) in [6, 6.07) is 12.6. The maximum Gasteiger partial charge on any atom is 0.422 e. The standard InChI is InChI=1S/C19H17F3N4O2/c20-19(21,22)13-28-17-8-15(6-7-23-17)9-24-18(27)16-10-25-26(12-16)11-14-4-2-1-3-5-14/h1-8,10,12H,9,11,13H2,(H,24,27). The number of halogens is 3. The number of nitrogens with one attached hydrogen (secondary N) is 1. The number of benzene rings is 1. The van der Waals surface area contributed by atoms with Crippen LogP contribution in [0.25, 0.3) is 0 Å². The van der Waals surface area contributed by atoms with Crippen LogP contribution in [0.5, 0.6) is 5.88 Å². The summed E-state index contributed by atoms with van der Waals surface area (Å²) in [6.45, 7) is -0.762. The Labute approximate surface area is 159 Å². The smallest absolute Gasteiger partial charge is 0.422 e. The van der Waals surface area contributed by atoms with Crippen molar-refractivity contribution in [2.75, 3.05) is 6.61 Å². The molecular weight excluding hydrogens is 373 g/mol. The van der Waals surface area contributed by atoms with Gasteiger partial charge in [0.25, 0.3) is 5.91 Å². The average molecular weight is 390 g/mol. The second-order valence-electron chi connectivity index (χ2n) is 6.00. The molecular formula is C19H17F3N4O2. The van der Waals surface area contributed by atoms with Crippen molar-refractivity contribution >= 4 is 5.91 Å². The van der Waals surface area contributed by atoms with Crippen molar-refractivity contribution in [3.05, 3.63) is 77.7 Å². The molecule has 28 heavy (non-hydrogen) atoms. The molecule has 0 saturated carbocycles. The molecule has 6 nitrogen and oxygen atoms in total. The predicted octanol–water partition coefficient (Wildman–Crippen LogP) is 3.20. The van der Waals surface area contributed by atoms with Crippen molar-refractivity contribution in [2.45, 2.75) is 19.3 Å². The minimum atomic E-state index is -4.44. The Hall–Kier alpha value is -3.36. The van der Waals surface area contributed by atoms with Crippen LogP contribution in [0.2, 0.25) is 0 Å². The van der Waals surface area contributed by atoms with Crippen LogP contribution in [0.15, 0.2) is 61.1 Å². The Morgan fingerprint density at radius 3 is 2.68 bits per heavy atom. The fourth-order valence-corrected chi connectivity index (χ4v) is 2.42. The Morgan fingerprint density at radius 1 is 1.14 bits per heavy atom. The lowest BCUT2D eigenvalue weighted by molar-refractivity contribution is -0.154. The highest BCUT2D eigenvalue weighted by molar-refractivity contribution is 5.93. The van der Waals surface area contributed by atoms with Crippen LogP contribution < -0.4 is 10.1 Å². The van der Waals surface area contributed by atoms with Crippen LogP contribution in [0, 0.1) is 0 Å². The fourth-order valence-electron chi connectivity index (χ4n) is 2.42. The molecule has 1 amide bonds. The van der Waals surface area contributed by atoms with Gasteiger partial charge >= 0.3 is 6.18 Å². The Bertz CT molecular complexity index is 926. The van der Waals surface area contributed by atoms with Gasteiger partial charge in [0.15, 0.2) is 6.61 Å². The zero-order chi connectivity index (χ0) is 20.0. The van der Waals surface area contributed by atoms with E-state index in [1.54, 1.807) is 16.9 Å². The number of hydrogen-bond acceptors (Lipinski definition) is 4. The van der Waals surface area contributed by atoms with Crippen LogP contribution in [-0.4, -0.2) is 33.5 Å². The monoisotopic (exact) mass is 390 g/mol. The Morgan fingerprint density at radius 2 is 1.93 bits per heavy atom. The maximum atomic E-state index is 12.3. The third kappa shape index (κ3) is 5.83. The van der Waals surface area contributed by atoms with Crippen LogP contribution in [-0.2, 0) is 13.1 Å².